The predicted molar refractivity (Wildman–Crippen MR) is 115 cm³/mol. The first-order valence-electron chi connectivity index (χ1n) is 9.07. The van der Waals surface area contributed by atoms with Crippen molar-refractivity contribution in [1.29, 1.82) is 0 Å². The maximum Gasteiger partial charge on any atom is 0.326 e. The van der Waals surface area contributed by atoms with E-state index in [0.29, 0.717) is 18.1 Å². The van der Waals surface area contributed by atoms with Crippen molar-refractivity contribution >= 4 is 33.9 Å². The Bertz CT molecular complexity index is 877. The van der Waals surface area contributed by atoms with Crippen LogP contribution in [-0.2, 0) is 16.2 Å². The second-order valence-corrected chi connectivity index (χ2v) is 7.64. The topological polar surface area (TPSA) is 84.9 Å². The molecule has 0 radical (unpaired) electrons. The number of methoxy groups -OCH3 is 1. The van der Waals surface area contributed by atoms with Gasteiger partial charge >= 0.3 is 5.97 Å². The molecule has 1 amide bonds. The number of rotatable bonds is 9. The summed E-state index contributed by atoms with van der Waals surface area (Å²) in [7, 11) is 1.54. The first-order chi connectivity index (χ1) is 13.8. The molecule has 0 unspecified atom stereocenters. The van der Waals surface area contributed by atoms with Crippen LogP contribution in [0, 0.1) is 5.92 Å². The number of halogens is 1. The van der Waals surface area contributed by atoms with E-state index >= 15 is 0 Å². The van der Waals surface area contributed by atoms with Crippen LogP contribution >= 0.6 is 15.9 Å². The Morgan fingerprint density at radius 1 is 1.14 bits per heavy atom. The third-order valence-electron chi connectivity index (χ3n) is 4.15. The van der Waals surface area contributed by atoms with Gasteiger partial charge in [0.05, 0.1) is 7.11 Å². The van der Waals surface area contributed by atoms with Crippen molar-refractivity contribution in [1.82, 2.24) is 5.32 Å². The number of ether oxygens (including phenoxy) is 2. The van der Waals surface area contributed by atoms with Crippen molar-refractivity contribution in [2.45, 2.75) is 26.5 Å². The number of carboxylic acid groups (broad SMARTS) is 1. The van der Waals surface area contributed by atoms with Gasteiger partial charge in [0, 0.05) is 10.5 Å². The van der Waals surface area contributed by atoms with Crippen LogP contribution in [0.1, 0.15) is 25.0 Å². The standard InChI is InChI=1S/C22H24BrNO5/c1-14(2)21(22(26)27)24-20(25)11-7-15-6-10-18(19(12-15)28-3)29-13-16-4-8-17(23)9-5-16/h4-12,14,21H,13H2,1-3H3,(H,24,25)(H,26,27)/b11-7+/t21-/m0/s1. The lowest BCUT2D eigenvalue weighted by atomic mass is 10.0. The van der Waals surface area contributed by atoms with Crippen molar-refractivity contribution < 1.29 is 24.2 Å². The molecule has 29 heavy (non-hydrogen) atoms. The third kappa shape index (κ3) is 6.94. The summed E-state index contributed by atoms with van der Waals surface area (Å²) in [6.07, 6.45) is 2.89. The highest BCUT2D eigenvalue weighted by Gasteiger charge is 2.22. The molecule has 2 aromatic rings. The largest absolute Gasteiger partial charge is 0.493 e. The molecule has 0 saturated heterocycles. The summed E-state index contributed by atoms with van der Waals surface area (Å²) in [5.74, 6) is -0.624. The second kappa shape index (κ2) is 10.7. The molecule has 2 N–H and O–H groups in total. The molecule has 0 bridgehead atoms. The van der Waals surface area contributed by atoms with Crippen molar-refractivity contribution in [3.05, 3.63) is 64.1 Å². The van der Waals surface area contributed by atoms with Gasteiger partial charge < -0.3 is 19.9 Å². The highest BCUT2D eigenvalue weighted by Crippen LogP contribution is 2.29. The molecule has 6 nitrogen and oxygen atoms in total. The number of benzene rings is 2. The summed E-state index contributed by atoms with van der Waals surface area (Å²) >= 11 is 3.40. The van der Waals surface area contributed by atoms with Crippen LogP contribution in [0.15, 0.2) is 53.0 Å². The smallest absolute Gasteiger partial charge is 0.326 e. The van der Waals surface area contributed by atoms with E-state index in [0.717, 1.165) is 15.6 Å². The number of carbonyl (C=O) groups is 2. The number of aliphatic carboxylic acids is 1. The van der Waals surface area contributed by atoms with Crippen LogP contribution in [0.25, 0.3) is 6.08 Å². The predicted octanol–water partition coefficient (Wildman–Crippen LogP) is 4.28. The molecule has 0 aliphatic rings. The van der Waals surface area contributed by atoms with E-state index in [-0.39, 0.29) is 5.92 Å². The van der Waals surface area contributed by atoms with Gasteiger partial charge in [0.25, 0.3) is 0 Å². The van der Waals surface area contributed by atoms with Gasteiger partial charge in [-0.25, -0.2) is 4.79 Å². The van der Waals surface area contributed by atoms with Crippen molar-refractivity contribution in [3.63, 3.8) is 0 Å². The number of hydrogen-bond donors (Lipinski definition) is 2. The lowest BCUT2D eigenvalue weighted by Crippen LogP contribution is -2.43. The second-order valence-electron chi connectivity index (χ2n) is 6.73. The minimum absolute atomic E-state index is 0.216. The maximum atomic E-state index is 12.0. The lowest BCUT2D eigenvalue weighted by molar-refractivity contribution is -0.142. The Morgan fingerprint density at radius 3 is 2.41 bits per heavy atom. The third-order valence-corrected chi connectivity index (χ3v) is 4.68. The fourth-order valence-corrected chi connectivity index (χ4v) is 2.80. The van der Waals surface area contributed by atoms with E-state index in [9.17, 15) is 9.59 Å². The monoisotopic (exact) mass is 461 g/mol. The lowest BCUT2D eigenvalue weighted by Gasteiger charge is -2.16. The van der Waals surface area contributed by atoms with Gasteiger partial charge in [-0.2, -0.15) is 0 Å². The van der Waals surface area contributed by atoms with Gasteiger partial charge in [0.15, 0.2) is 11.5 Å². The molecule has 2 aromatic carbocycles. The van der Waals surface area contributed by atoms with E-state index in [1.807, 2.05) is 24.3 Å². The van der Waals surface area contributed by atoms with Crippen molar-refractivity contribution in [3.8, 4) is 11.5 Å². The molecule has 2 rings (SSSR count). The molecule has 0 heterocycles. The molecule has 154 valence electrons. The fraction of sp³-hybridized carbons (Fsp3) is 0.273. The number of amides is 1. The van der Waals surface area contributed by atoms with Gasteiger partial charge in [-0.1, -0.05) is 48.0 Å². The highest BCUT2D eigenvalue weighted by atomic mass is 79.9. The summed E-state index contributed by atoms with van der Waals surface area (Å²) in [5, 5.41) is 11.6. The Morgan fingerprint density at radius 2 is 1.83 bits per heavy atom. The molecule has 0 aliphatic heterocycles. The Hall–Kier alpha value is -2.80. The van der Waals surface area contributed by atoms with Crippen LogP contribution in [0.5, 0.6) is 11.5 Å². The van der Waals surface area contributed by atoms with Crippen molar-refractivity contribution in [2.75, 3.05) is 7.11 Å². The molecule has 0 saturated carbocycles. The van der Waals surface area contributed by atoms with Crippen LogP contribution in [0.2, 0.25) is 0 Å². The van der Waals surface area contributed by atoms with E-state index in [1.54, 1.807) is 45.2 Å². The summed E-state index contributed by atoms with van der Waals surface area (Å²) in [6, 6.07) is 12.2. The van der Waals surface area contributed by atoms with Gasteiger partial charge in [-0.05, 0) is 47.4 Å². The fourth-order valence-electron chi connectivity index (χ4n) is 2.54. The van der Waals surface area contributed by atoms with Gasteiger partial charge in [-0.15, -0.1) is 0 Å². The molecular weight excluding hydrogens is 438 g/mol. The number of carboxylic acids is 1. The quantitative estimate of drug-likeness (QED) is 0.544. The SMILES string of the molecule is COc1cc(/C=C/C(=O)N[C@H](C(=O)O)C(C)C)ccc1OCc1ccc(Br)cc1. The van der Waals surface area contributed by atoms with Gasteiger partial charge in [0.1, 0.15) is 12.6 Å². The zero-order valence-corrected chi connectivity index (χ0v) is 18.1. The summed E-state index contributed by atoms with van der Waals surface area (Å²) in [4.78, 5) is 23.2. The molecular formula is C22H24BrNO5. The van der Waals surface area contributed by atoms with Gasteiger partial charge in [-0.3, -0.25) is 4.79 Å². The van der Waals surface area contributed by atoms with E-state index in [2.05, 4.69) is 21.2 Å². The van der Waals surface area contributed by atoms with Crippen LogP contribution in [0.4, 0.5) is 0 Å². The Balaban J connectivity index is 2.03. The molecule has 0 spiro atoms. The summed E-state index contributed by atoms with van der Waals surface area (Å²) in [6.45, 7) is 3.87. The Labute approximate surface area is 178 Å². The molecule has 7 heteroatoms. The van der Waals surface area contributed by atoms with Crippen LogP contribution in [-0.4, -0.2) is 30.1 Å². The number of nitrogens with one attached hydrogen (secondary N) is 1. The highest BCUT2D eigenvalue weighted by molar-refractivity contribution is 9.10. The summed E-state index contributed by atoms with van der Waals surface area (Å²) < 4.78 is 12.2. The first kappa shape index (κ1) is 22.5. The number of carbonyl (C=O) groups excluding carboxylic acids is 1. The molecule has 0 fully saturated rings. The Kier molecular flexibility index (Phi) is 8.27. The van der Waals surface area contributed by atoms with Crippen LogP contribution < -0.4 is 14.8 Å². The molecule has 0 aliphatic carbocycles. The minimum Gasteiger partial charge on any atom is -0.493 e. The zero-order valence-electron chi connectivity index (χ0n) is 16.5. The van der Waals surface area contributed by atoms with E-state index in [1.165, 1.54) is 6.08 Å². The van der Waals surface area contributed by atoms with Crippen LogP contribution in [0.3, 0.4) is 0 Å². The van der Waals surface area contributed by atoms with Crippen molar-refractivity contribution in [2.24, 2.45) is 5.92 Å². The van der Waals surface area contributed by atoms with E-state index in [4.69, 9.17) is 14.6 Å². The number of hydrogen-bond acceptors (Lipinski definition) is 4. The average molecular weight is 462 g/mol. The maximum absolute atomic E-state index is 12.0. The minimum atomic E-state index is -1.06. The zero-order chi connectivity index (χ0) is 21.4. The first-order valence-corrected chi connectivity index (χ1v) is 9.86. The average Bonchev–Trinajstić information content (AvgIpc) is 2.69. The molecule has 1 atom stereocenters. The molecule has 0 aromatic heterocycles. The van der Waals surface area contributed by atoms with Gasteiger partial charge in [0.2, 0.25) is 5.91 Å². The van der Waals surface area contributed by atoms with E-state index < -0.39 is 17.9 Å². The summed E-state index contributed by atoms with van der Waals surface area (Å²) in [5.41, 5.74) is 1.75. The normalized spacial score (nSPS) is 12.0.